The predicted octanol–water partition coefficient (Wildman–Crippen LogP) is 0.306. The Bertz CT molecular complexity index is 300. The average Bonchev–Trinajstić information content (AvgIpc) is 2.24. The fourth-order valence-electron chi connectivity index (χ4n) is 1.15. The number of esters is 1. The fourth-order valence-corrected chi connectivity index (χ4v) is 1.98. The summed E-state index contributed by atoms with van der Waals surface area (Å²) in [5.74, 6) is -0.0704. The van der Waals surface area contributed by atoms with Gasteiger partial charge in [0, 0.05) is 12.3 Å². The van der Waals surface area contributed by atoms with Gasteiger partial charge < -0.3 is 4.74 Å². The average molecular weight is 251 g/mol. The van der Waals surface area contributed by atoms with E-state index < -0.39 is 9.84 Å². The molecule has 5 nitrogen and oxygen atoms in total. The zero-order chi connectivity index (χ0) is 12.6. The first-order chi connectivity index (χ1) is 7.45. The van der Waals surface area contributed by atoms with Crippen LogP contribution in [0.3, 0.4) is 0 Å². The first kappa shape index (κ1) is 15.4. The van der Waals surface area contributed by atoms with Gasteiger partial charge in [-0.05, 0) is 13.5 Å². The maximum atomic E-state index is 11.3. The fraction of sp³-hybridized carbons (Fsp3) is 0.900. The molecule has 0 aromatic rings. The molecule has 16 heavy (non-hydrogen) atoms. The summed E-state index contributed by atoms with van der Waals surface area (Å²) in [7, 11) is -2.97. The van der Waals surface area contributed by atoms with Gasteiger partial charge in [-0.1, -0.05) is 13.8 Å². The molecule has 0 aromatic heterocycles. The van der Waals surface area contributed by atoms with E-state index in [1.54, 1.807) is 18.7 Å². The molecule has 0 spiro atoms. The third-order valence-corrected chi connectivity index (χ3v) is 3.95. The monoisotopic (exact) mass is 251 g/mol. The number of sulfone groups is 1. The Morgan fingerprint density at radius 3 is 2.31 bits per heavy atom. The standard InChI is InChI=1S/C10H21NO4S/c1-4-11(9-10(12)15-5-2)7-8-16(13,14)6-3/h4-9H2,1-3H3. The Morgan fingerprint density at radius 1 is 1.25 bits per heavy atom. The lowest BCUT2D eigenvalue weighted by Gasteiger charge is -2.18. The third kappa shape index (κ3) is 6.79. The second kappa shape index (κ2) is 7.62. The number of carbonyl (C=O) groups is 1. The van der Waals surface area contributed by atoms with E-state index in [9.17, 15) is 13.2 Å². The van der Waals surface area contributed by atoms with E-state index in [-0.39, 0.29) is 24.0 Å². The minimum Gasteiger partial charge on any atom is -0.465 e. The van der Waals surface area contributed by atoms with Crippen molar-refractivity contribution in [1.29, 1.82) is 0 Å². The van der Waals surface area contributed by atoms with Crippen LogP contribution in [0.5, 0.6) is 0 Å². The van der Waals surface area contributed by atoms with Gasteiger partial charge in [0.2, 0.25) is 0 Å². The van der Waals surface area contributed by atoms with Gasteiger partial charge >= 0.3 is 5.97 Å². The Balaban J connectivity index is 4.06. The normalized spacial score (nSPS) is 11.8. The number of hydrogen-bond acceptors (Lipinski definition) is 5. The van der Waals surface area contributed by atoms with Crippen molar-refractivity contribution >= 4 is 15.8 Å². The van der Waals surface area contributed by atoms with Crippen molar-refractivity contribution in [3.05, 3.63) is 0 Å². The van der Waals surface area contributed by atoms with E-state index in [2.05, 4.69) is 0 Å². The summed E-state index contributed by atoms with van der Waals surface area (Å²) in [6.45, 7) is 6.78. The summed E-state index contributed by atoms with van der Waals surface area (Å²) in [5, 5.41) is 0. The maximum Gasteiger partial charge on any atom is 0.320 e. The number of hydrogen-bond donors (Lipinski definition) is 0. The second-order valence-electron chi connectivity index (χ2n) is 3.41. The van der Waals surface area contributed by atoms with Crippen molar-refractivity contribution < 1.29 is 17.9 Å². The molecule has 0 fully saturated rings. The van der Waals surface area contributed by atoms with Crippen LogP contribution in [0.25, 0.3) is 0 Å². The largest absolute Gasteiger partial charge is 0.465 e. The van der Waals surface area contributed by atoms with Gasteiger partial charge in [0.1, 0.15) is 0 Å². The molecule has 96 valence electrons. The van der Waals surface area contributed by atoms with Gasteiger partial charge in [-0.2, -0.15) is 0 Å². The first-order valence-electron chi connectivity index (χ1n) is 5.53. The van der Waals surface area contributed by atoms with Crippen LogP contribution in [0.15, 0.2) is 0 Å². The van der Waals surface area contributed by atoms with E-state index in [0.29, 0.717) is 19.7 Å². The van der Waals surface area contributed by atoms with Crippen LogP contribution < -0.4 is 0 Å². The maximum absolute atomic E-state index is 11.3. The molecule has 0 aliphatic rings. The zero-order valence-electron chi connectivity index (χ0n) is 10.2. The zero-order valence-corrected chi connectivity index (χ0v) is 11.0. The van der Waals surface area contributed by atoms with Crippen molar-refractivity contribution in [3.63, 3.8) is 0 Å². The summed E-state index contributed by atoms with van der Waals surface area (Å²) in [6, 6.07) is 0. The predicted molar refractivity (Wildman–Crippen MR) is 63.1 cm³/mol. The molecule has 0 heterocycles. The Kier molecular flexibility index (Phi) is 7.33. The van der Waals surface area contributed by atoms with Crippen molar-refractivity contribution in [3.8, 4) is 0 Å². The van der Waals surface area contributed by atoms with E-state index in [4.69, 9.17) is 4.74 Å². The molecule has 0 atom stereocenters. The Hall–Kier alpha value is -0.620. The molecule has 0 aromatic carbocycles. The molecule has 0 rings (SSSR count). The summed E-state index contributed by atoms with van der Waals surface area (Å²) >= 11 is 0. The summed E-state index contributed by atoms with van der Waals surface area (Å²) in [4.78, 5) is 13.0. The number of nitrogens with zero attached hydrogens (tertiary/aromatic N) is 1. The molecule has 0 amide bonds. The van der Waals surface area contributed by atoms with Crippen LogP contribution in [0, 0.1) is 0 Å². The molecule has 0 saturated carbocycles. The lowest BCUT2D eigenvalue weighted by atomic mass is 10.5. The molecule has 0 unspecified atom stereocenters. The van der Waals surface area contributed by atoms with Gasteiger partial charge in [-0.3, -0.25) is 9.69 Å². The minimum atomic E-state index is -2.97. The highest BCUT2D eigenvalue weighted by Gasteiger charge is 2.13. The summed E-state index contributed by atoms with van der Waals surface area (Å²) in [6.07, 6.45) is 0. The molecule has 0 saturated heterocycles. The number of carbonyl (C=O) groups excluding carboxylic acids is 1. The van der Waals surface area contributed by atoms with Crippen molar-refractivity contribution in [1.82, 2.24) is 4.90 Å². The lowest BCUT2D eigenvalue weighted by Crippen LogP contribution is -2.35. The van der Waals surface area contributed by atoms with Crippen molar-refractivity contribution in [2.45, 2.75) is 20.8 Å². The van der Waals surface area contributed by atoms with Gasteiger partial charge in [0.15, 0.2) is 9.84 Å². The van der Waals surface area contributed by atoms with Gasteiger partial charge in [0.25, 0.3) is 0 Å². The van der Waals surface area contributed by atoms with Crippen LogP contribution in [0.1, 0.15) is 20.8 Å². The Labute approximate surface area is 97.7 Å². The minimum absolute atomic E-state index is 0.0940. The number of rotatable bonds is 8. The topological polar surface area (TPSA) is 63.7 Å². The van der Waals surface area contributed by atoms with Crippen molar-refractivity contribution in [2.24, 2.45) is 0 Å². The van der Waals surface area contributed by atoms with Gasteiger partial charge in [-0.15, -0.1) is 0 Å². The van der Waals surface area contributed by atoms with Crippen LogP contribution in [0.4, 0.5) is 0 Å². The van der Waals surface area contributed by atoms with Crippen LogP contribution in [0.2, 0.25) is 0 Å². The van der Waals surface area contributed by atoms with E-state index in [1.807, 2.05) is 6.92 Å². The van der Waals surface area contributed by atoms with Crippen LogP contribution in [-0.4, -0.2) is 57.0 Å². The highest BCUT2D eigenvalue weighted by Crippen LogP contribution is 1.95. The molecule has 6 heteroatoms. The van der Waals surface area contributed by atoms with Crippen LogP contribution in [-0.2, 0) is 19.4 Å². The highest BCUT2D eigenvalue weighted by molar-refractivity contribution is 7.91. The number of likely N-dealkylation sites (N-methyl/N-ethyl adjacent to an activating group) is 1. The molecular weight excluding hydrogens is 230 g/mol. The SMILES string of the molecule is CCOC(=O)CN(CC)CCS(=O)(=O)CC. The summed E-state index contributed by atoms with van der Waals surface area (Å²) < 4.78 is 27.4. The molecule has 0 aliphatic carbocycles. The Morgan fingerprint density at radius 2 is 1.88 bits per heavy atom. The number of ether oxygens (including phenoxy) is 1. The van der Waals surface area contributed by atoms with Gasteiger partial charge in [0.05, 0.1) is 18.9 Å². The molecular formula is C10H21NO4S. The highest BCUT2D eigenvalue weighted by atomic mass is 32.2. The van der Waals surface area contributed by atoms with Gasteiger partial charge in [-0.25, -0.2) is 8.42 Å². The molecule has 0 aliphatic heterocycles. The van der Waals surface area contributed by atoms with E-state index in [1.165, 1.54) is 0 Å². The van der Waals surface area contributed by atoms with E-state index in [0.717, 1.165) is 0 Å². The lowest BCUT2D eigenvalue weighted by molar-refractivity contribution is -0.144. The second-order valence-corrected chi connectivity index (χ2v) is 5.88. The molecule has 0 radical (unpaired) electrons. The van der Waals surface area contributed by atoms with Crippen molar-refractivity contribution in [2.75, 3.05) is 37.7 Å². The first-order valence-corrected chi connectivity index (χ1v) is 7.35. The molecule has 0 N–H and O–H groups in total. The third-order valence-electron chi connectivity index (χ3n) is 2.26. The quantitative estimate of drug-likeness (QED) is 0.581. The summed E-state index contributed by atoms with van der Waals surface area (Å²) in [5.41, 5.74) is 0. The van der Waals surface area contributed by atoms with Crippen LogP contribution >= 0.6 is 0 Å². The smallest absolute Gasteiger partial charge is 0.320 e. The van der Waals surface area contributed by atoms with E-state index >= 15 is 0 Å². The molecule has 0 bridgehead atoms.